The van der Waals surface area contributed by atoms with Crippen molar-refractivity contribution < 1.29 is 22.4 Å². The van der Waals surface area contributed by atoms with E-state index in [1.54, 1.807) is 18.2 Å². The fraction of sp³-hybridized carbons (Fsp3) is 0.471. The Labute approximate surface area is 152 Å². The molecule has 0 saturated carbocycles. The molecule has 0 aliphatic carbocycles. The minimum atomic E-state index is -3.55. The lowest BCUT2D eigenvalue weighted by atomic mass is 10.3. The molecule has 1 saturated heterocycles. The molecule has 0 spiro atoms. The molecular formula is C17H21N3O5S. The maximum Gasteiger partial charge on any atom is 0.243 e. The summed E-state index contributed by atoms with van der Waals surface area (Å²) < 4.78 is 43.4. The minimum Gasteiger partial charge on any atom is -0.486 e. The number of nitrogens with zero attached hydrogens (tertiary/aromatic N) is 3. The lowest BCUT2D eigenvalue weighted by molar-refractivity contribution is 0.170. The van der Waals surface area contributed by atoms with Crippen molar-refractivity contribution in [3.05, 3.63) is 35.7 Å². The van der Waals surface area contributed by atoms with Crippen molar-refractivity contribution in [3.8, 4) is 11.5 Å². The van der Waals surface area contributed by atoms with Crippen LogP contribution in [0, 0.1) is 6.92 Å². The lowest BCUT2D eigenvalue weighted by Gasteiger charge is -2.33. The molecule has 140 valence electrons. The number of aromatic nitrogens is 1. The summed E-state index contributed by atoms with van der Waals surface area (Å²) in [5.41, 5.74) is 0.866. The third-order valence-corrected chi connectivity index (χ3v) is 6.44. The summed E-state index contributed by atoms with van der Waals surface area (Å²) in [7, 11) is -3.55. The van der Waals surface area contributed by atoms with Crippen LogP contribution in [0.5, 0.6) is 11.5 Å². The highest BCUT2D eigenvalue weighted by molar-refractivity contribution is 7.89. The van der Waals surface area contributed by atoms with Crippen molar-refractivity contribution in [3.63, 3.8) is 0 Å². The Hall–Kier alpha value is -2.10. The third-order valence-electron chi connectivity index (χ3n) is 4.55. The fourth-order valence-corrected chi connectivity index (χ4v) is 4.62. The fourth-order valence-electron chi connectivity index (χ4n) is 3.18. The second kappa shape index (κ2) is 6.90. The summed E-state index contributed by atoms with van der Waals surface area (Å²) in [5, 5.41) is 3.99. The van der Waals surface area contributed by atoms with Crippen LogP contribution in [0.1, 0.15) is 11.5 Å². The van der Waals surface area contributed by atoms with Gasteiger partial charge in [-0.15, -0.1) is 0 Å². The van der Waals surface area contributed by atoms with Gasteiger partial charge in [0.15, 0.2) is 11.5 Å². The molecule has 0 N–H and O–H groups in total. The van der Waals surface area contributed by atoms with Gasteiger partial charge in [0, 0.05) is 44.9 Å². The number of piperazine rings is 1. The molecule has 0 amide bonds. The molecule has 2 aliphatic rings. The summed E-state index contributed by atoms with van der Waals surface area (Å²) >= 11 is 0. The molecule has 9 heteroatoms. The molecule has 1 aromatic carbocycles. The third kappa shape index (κ3) is 3.42. The first kappa shape index (κ1) is 17.3. The summed E-state index contributed by atoms with van der Waals surface area (Å²) in [6.45, 7) is 5.60. The van der Waals surface area contributed by atoms with Crippen molar-refractivity contribution in [1.82, 2.24) is 14.4 Å². The van der Waals surface area contributed by atoms with E-state index in [0.29, 0.717) is 57.4 Å². The van der Waals surface area contributed by atoms with Crippen LogP contribution in [0.25, 0.3) is 0 Å². The van der Waals surface area contributed by atoms with Crippen LogP contribution in [0.15, 0.2) is 33.7 Å². The maximum absolute atomic E-state index is 12.9. The van der Waals surface area contributed by atoms with E-state index in [9.17, 15) is 8.42 Å². The van der Waals surface area contributed by atoms with Crippen LogP contribution in [-0.2, 0) is 16.6 Å². The van der Waals surface area contributed by atoms with Gasteiger partial charge in [0.05, 0.1) is 10.6 Å². The van der Waals surface area contributed by atoms with E-state index in [1.165, 1.54) is 4.31 Å². The normalized spacial score (nSPS) is 18.8. The van der Waals surface area contributed by atoms with Gasteiger partial charge in [-0.25, -0.2) is 8.42 Å². The standard InChI is InChI=1S/C17H21N3O5S/c1-13-10-14(18-25-13)12-19-4-6-20(7-5-19)26(21,22)15-2-3-16-17(11-15)24-9-8-23-16/h2-3,10-11H,4-9,12H2,1H3. The Balaban J connectivity index is 1.43. The van der Waals surface area contributed by atoms with E-state index >= 15 is 0 Å². The molecule has 1 aromatic heterocycles. The highest BCUT2D eigenvalue weighted by Gasteiger charge is 2.30. The van der Waals surface area contributed by atoms with Crippen LogP contribution >= 0.6 is 0 Å². The van der Waals surface area contributed by atoms with Gasteiger partial charge in [-0.2, -0.15) is 4.31 Å². The van der Waals surface area contributed by atoms with Crippen LogP contribution in [0.4, 0.5) is 0 Å². The van der Waals surface area contributed by atoms with E-state index in [1.807, 2.05) is 13.0 Å². The monoisotopic (exact) mass is 379 g/mol. The van der Waals surface area contributed by atoms with Crippen molar-refractivity contribution in [2.75, 3.05) is 39.4 Å². The predicted molar refractivity (Wildman–Crippen MR) is 92.7 cm³/mol. The van der Waals surface area contributed by atoms with Crippen molar-refractivity contribution in [1.29, 1.82) is 0 Å². The second-order valence-electron chi connectivity index (χ2n) is 6.41. The lowest BCUT2D eigenvalue weighted by Crippen LogP contribution is -2.48. The molecule has 3 heterocycles. The zero-order valence-electron chi connectivity index (χ0n) is 14.6. The smallest absolute Gasteiger partial charge is 0.243 e. The SMILES string of the molecule is Cc1cc(CN2CCN(S(=O)(=O)c3ccc4c(c3)OCCO4)CC2)no1. The Morgan fingerprint density at radius 3 is 2.46 bits per heavy atom. The van der Waals surface area contributed by atoms with E-state index in [0.717, 1.165) is 11.5 Å². The van der Waals surface area contributed by atoms with Gasteiger partial charge in [0.2, 0.25) is 10.0 Å². The van der Waals surface area contributed by atoms with Gasteiger partial charge >= 0.3 is 0 Å². The molecule has 0 unspecified atom stereocenters. The summed E-state index contributed by atoms with van der Waals surface area (Å²) in [6.07, 6.45) is 0. The van der Waals surface area contributed by atoms with E-state index in [4.69, 9.17) is 14.0 Å². The first-order valence-corrected chi connectivity index (χ1v) is 10.0. The topological polar surface area (TPSA) is 85.1 Å². The first-order valence-electron chi connectivity index (χ1n) is 8.57. The molecule has 8 nitrogen and oxygen atoms in total. The Morgan fingerprint density at radius 2 is 1.77 bits per heavy atom. The summed E-state index contributed by atoms with van der Waals surface area (Å²) in [5.74, 6) is 1.85. The average molecular weight is 379 g/mol. The molecule has 26 heavy (non-hydrogen) atoms. The minimum absolute atomic E-state index is 0.238. The first-order chi connectivity index (χ1) is 12.5. The number of benzene rings is 1. The van der Waals surface area contributed by atoms with E-state index in [2.05, 4.69) is 10.1 Å². The Kier molecular flexibility index (Phi) is 4.60. The van der Waals surface area contributed by atoms with Gasteiger partial charge in [-0.1, -0.05) is 5.16 Å². The zero-order chi connectivity index (χ0) is 18.1. The van der Waals surface area contributed by atoms with E-state index in [-0.39, 0.29) is 4.90 Å². The highest BCUT2D eigenvalue weighted by Crippen LogP contribution is 2.33. The van der Waals surface area contributed by atoms with Crippen molar-refractivity contribution in [2.24, 2.45) is 0 Å². The number of fused-ring (bicyclic) bond motifs is 1. The van der Waals surface area contributed by atoms with Crippen LogP contribution < -0.4 is 9.47 Å². The number of rotatable bonds is 4. The largest absolute Gasteiger partial charge is 0.486 e. The Morgan fingerprint density at radius 1 is 1.04 bits per heavy atom. The molecule has 2 aliphatic heterocycles. The molecule has 0 atom stereocenters. The van der Waals surface area contributed by atoms with Gasteiger partial charge in [-0.3, -0.25) is 4.90 Å². The van der Waals surface area contributed by atoms with Gasteiger partial charge in [-0.05, 0) is 19.1 Å². The molecular weight excluding hydrogens is 358 g/mol. The summed E-state index contributed by atoms with van der Waals surface area (Å²) in [4.78, 5) is 2.41. The van der Waals surface area contributed by atoms with Crippen LogP contribution in [0.2, 0.25) is 0 Å². The highest BCUT2D eigenvalue weighted by atomic mass is 32.2. The quantitative estimate of drug-likeness (QED) is 0.791. The second-order valence-corrected chi connectivity index (χ2v) is 8.35. The number of ether oxygens (including phenoxy) is 2. The van der Waals surface area contributed by atoms with Gasteiger partial charge in [0.25, 0.3) is 0 Å². The molecule has 0 radical (unpaired) electrons. The van der Waals surface area contributed by atoms with E-state index < -0.39 is 10.0 Å². The zero-order valence-corrected chi connectivity index (χ0v) is 15.4. The Bertz CT molecular complexity index is 888. The van der Waals surface area contributed by atoms with Gasteiger partial charge < -0.3 is 14.0 Å². The predicted octanol–water partition coefficient (Wildman–Crippen LogP) is 1.26. The molecule has 4 rings (SSSR count). The van der Waals surface area contributed by atoms with Crippen LogP contribution in [0.3, 0.4) is 0 Å². The molecule has 2 aromatic rings. The molecule has 0 bridgehead atoms. The number of aryl methyl sites for hydroxylation is 1. The summed E-state index contributed by atoms with van der Waals surface area (Å²) in [6, 6.07) is 6.69. The number of sulfonamides is 1. The van der Waals surface area contributed by atoms with Crippen molar-refractivity contribution in [2.45, 2.75) is 18.4 Å². The average Bonchev–Trinajstić information content (AvgIpc) is 3.06. The molecule has 1 fully saturated rings. The maximum atomic E-state index is 12.9. The van der Waals surface area contributed by atoms with Gasteiger partial charge in [0.1, 0.15) is 19.0 Å². The van der Waals surface area contributed by atoms with Crippen molar-refractivity contribution >= 4 is 10.0 Å². The van der Waals surface area contributed by atoms with Crippen LogP contribution in [-0.4, -0.2) is 62.2 Å². The number of hydrogen-bond donors (Lipinski definition) is 0. The number of hydrogen-bond acceptors (Lipinski definition) is 7.